The minimum absolute atomic E-state index is 0.118. The first-order valence-corrected chi connectivity index (χ1v) is 7.25. The molecule has 108 valence electrons. The number of benzene rings is 1. The van der Waals surface area contributed by atoms with Crippen LogP contribution in [0.1, 0.15) is 19.8 Å². The summed E-state index contributed by atoms with van der Waals surface area (Å²) in [6.07, 6.45) is 0.791. The largest absolute Gasteiger partial charge is 0.326 e. The summed E-state index contributed by atoms with van der Waals surface area (Å²) >= 11 is 17.7. The van der Waals surface area contributed by atoms with Crippen molar-refractivity contribution in [3.63, 3.8) is 0 Å². The Hall–Kier alpha value is -0.970. The summed E-state index contributed by atoms with van der Waals surface area (Å²) in [6.45, 7) is 1.75. The van der Waals surface area contributed by atoms with Gasteiger partial charge in [-0.2, -0.15) is 0 Å². The van der Waals surface area contributed by atoms with Crippen LogP contribution in [0.4, 0.5) is 11.4 Å². The molecular weight excluding hydrogens is 323 g/mol. The van der Waals surface area contributed by atoms with Gasteiger partial charge in [-0.15, -0.1) is 23.2 Å². The van der Waals surface area contributed by atoms with E-state index in [-0.39, 0.29) is 11.8 Å². The average molecular weight is 336 g/mol. The van der Waals surface area contributed by atoms with E-state index in [1.165, 1.54) is 0 Å². The first-order valence-electron chi connectivity index (χ1n) is 6.11. The number of nitrogens with one attached hydrogen (secondary N) is 2. The summed E-state index contributed by atoms with van der Waals surface area (Å²) < 4.78 is -0.982. The number of hydrogen-bond donors (Lipinski definition) is 2. The normalized spacial score (nSPS) is 19.3. The molecule has 7 heteroatoms. The molecule has 2 rings (SSSR count). The van der Waals surface area contributed by atoms with Gasteiger partial charge in [-0.3, -0.25) is 9.59 Å². The second-order valence-electron chi connectivity index (χ2n) is 4.60. The van der Waals surface area contributed by atoms with E-state index in [1.807, 2.05) is 0 Å². The molecular formula is C13H13Cl3N2O2. The van der Waals surface area contributed by atoms with Gasteiger partial charge in [0.05, 0.1) is 16.6 Å². The molecule has 20 heavy (non-hydrogen) atoms. The lowest BCUT2D eigenvalue weighted by molar-refractivity contribution is -0.117. The average Bonchev–Trinajstić information content (AvgIpc) is 3.02. The van der Waals surface area contributed by atoms with Gasteiger partial charge >= 0.3 is 0 Å². The highest BCUT2D eigenvalue weighted by molar-refractivity contribution is 6.52. The van der Waals surface area contributed by atoms with E-state index in [4.69, 9.17) is 34.8 Å². The zero-order valence-electron chi connectivity index (χ0n) is 10.7. The molecule has 0 heterocycles. The zero-order valence-corrected chi connectivity index (χ0v) is 12.9. The monoisotopic (exact) mass is 334 g/mol. The van der Waals surface area contributed by atoms with E-state index in [1.54, 1.807) is 25.1 Å². The highest BCUT2D eigenvalue weighted by Gasteiger charge is 2.56. The summed E-state index contributed by atoms with van der Waals surface area (Å²) in [4.78, 5) is 23.2. The van der Waals surface area contributed by atoms with Crippen molar-refractivity contribution < 1.29 is 9.59 Å². The van der Waals surface area contributed by atoms with E-state index >= 15 is 0 Å². The van der Waals surface area contributed by atoms with Gasteiger partial charge in [0.25, 0.3) is 0 Å². The molecule has 0 spiro atoms. The second-order valence-corrected chi connectivity index (χ2v) is 6.55. The van der Waals surface area contributed by atoms with Crippen molar-refractivity contribution in [3.8, 4) is 0 Å². The Morgan fingerprint density at radius 3 is 2.55 bits per heavy atom. The third-order valence-corrected chi connectivity index (χ3v) is 4.14. The van der Waals surface area contributed by atoms with Crippen LogP contribution in [-0.4, -0.2) is 16.1 Å². The van der Waals surface area contributed by atoms with E-state index in [9.17, 15) is 9.59 Å². The van der Waals surface area contributed by atoms with Gasteiger partial charge in [-0.05, 0) is 24.6 Å². The van der Waals surface area contributed by atoms with Crippen molar-refractivity contribution in [2.45, 2.75) is 24.1 Å². The summed E-state index contributed by atoms with van der Waals surface area (Å²) in [5.74, 6) is -0.834. The quantitative estimate of drug-likeness (QED) is 0.822. The smallest absolute Gasteiger partial charge is 0.230 e. The molecule has 4 nitrogen and oxygen atoms in total. The van der Waals surface area contributed by atoms with Crippen LogP contribution in [0.5, 0.6) is 0 Å². The van der Waals surface area contributed by atoms with Crippen LogP contribution in [0.15, 0.2) is 18.2 Å². The zero-order chi connectivity index (χ0) is 14.9. The first kappa shape index (κ1) is 15.4. The molecule has 1 aliphatic rings. The summed E-state index contributed by atoms with van der Waals surface area (Å²) in [5.41, 5.74) is 0.983. The molecule has 0 aliphatic heterocycles. The molecule has 1 unspecified atom stereocenters. The fraction of sp³-hybridized carbons (Fsp3) is 0.385. The van der Waals surface area contributed by atoms with Crippen molar-refractivity contribution in [2.75, 3.05) is 10.6 Å². The number of anilines is 2. The molecule has 1 saturated carbocycles. The Balaban J connectivity index is 2.09. The Morgan fingerprint density at radius 1 is 1.35 bits per heavy atom. The molecule has 0 aromatic heterocycles. The molecule has 2 N–H and O–H groups in total. The van der Waals surface area contributed by atoms with Gasteiger partial charge in [0.2, 0.25) is 11.8 Å². The van der Waals surface area contributed by atoms with Gasteiger partial charge in [0, 0.05) is 12.1 Å². The van der Waals surface area contributed by atoms with Crippen molar-refractivity contribution >= 4 is 58.0 Å². The maximum atomic E-state index is 11.9. The topological polar surface area (TPSA) is 58.2 Å². The Kier molecular flexibility index (Phi) is 4.47. The summed E-state index contributed by atoms with van der Waals surface area (Å²) in [6, 6.07) is 4.86. The molecule has 1 aliphatic carbocycles. The van der Waals surface area contributed by atoms with E-state index in [0.29, 0.717) is 29.2 Å². The van der Waals surface area contributed by atoms with Gasteiger partial charge in [0.1, 0.15) is 4.33 Å². The number of hydrogen-bond acceptors (Lipinski definition) is 2. The molecule has 1 atom stereocenters. The summed E-state index contributed by atoms with van der Waals surface area (Å²) in [7, 11) is 0. The molecule has 0 bridgehead atoms. The first-order chi connectivity index (χ1) is 9.33. The molecule has 1 aromatic carbocycles. The lowest BCUT2D eigenvalue weighted by atomic mass is 10.2. The predicted molar refractivity (Wildman–Crippen MR) is 81.5 cm³/mol. The number of alkyl halides is 2. The predicted octanol–water partition coefficient (Wildman–Crippen LogP) is 3.82. The van der Waals surface area contributed by atoms with Gasteiger partial charge in [-0.1, -0.05) is 18.5 Å². The van der Waals surface area contributed by atoms with Gasteiger partial charge in [-0.25, -0.2) is 0 Å². The third-order valence-electron chi connectivity index (χ3n) is 2.97. The van der Waals surface area contributed by atoms with Crippen molar-refractivity contribution in [2.24, 2.45) is 5.92 Å². The van der Waals surface area contributed by atoms with Gasteiger partial charge in [0.15, 0.2) is 0 Å². The highest BCUT2D eigenvalue weighted by Crippen LogP contribution is 2.53. The fourth-order valence-electron chi connectivity index (χ4n) is 1.67. The third kappa shape index (κ3) is 3.57. The van der Waals surface area contributed by atoms with Gasteiger partial charge < -0.3 is 10.6 Å². The van der Waals surface area contributed by atoms with E-state index in [0.717, 1.165) is 0 Å². The van der Waals surface area contributed by atoms with Crippen LogP contribution in [0.2, 0.25) is 5.02 Å². The fourth-order valence-corrected chi connectivity index (χ4v) is 2.34. The Labute approximate surface area is 131 Å². The van der Waals surface area contributed by atoms with E-state index in [2.05, 4.69) is 10.6 Å². The Bertz CT molecular complexity index is 561. The van der Waals surface area contributed by atoms with Crippen LogP contribution in [0.25, 0.3) is 0 Å². The molecule has 2 amide bonds. The van der Waals surface area contributed by atoms with Crippen molar-refractivity contribution in [1.82, 2.24) is 0 Å². The minimum Gasteiger partial charge on any atom is -0.326 e. The lowest BCUT2D eigenvalue weighted by Gasteiger charge is -2.10. The van der Waals surface area contributed by atoms with Crippen LogP contribution in [0, 0.1) is 5.92 Å². The minimum atomic E-state index is -0.982. The maximum absolute atomic E-state index is 11.9. The number of carbonyl (C=O) groups excluding carboxylic acids is 2. The second kappa shape index (κ2) is 5.80. The highest BCUT2D eigenvalue weighted by atomic mass is 35.5. The van der Waals surface area contributed by atoms with Crippen LogP contribution >= 0.6 is 34.8 Å². The summed E-state index contributed by atoms with van der Waals surface area (Å²) in [5, 5.41) is 5.74. The number of carbonyl (C=O) groups is 2. The van der Waals surface area contributed by atoms with E-state index < -0.39 is 10.3 Å². The molecule has 1 aromatic rings. The van der Waals surface area contributed by atoms with Crippen LogP contribution in [-0.2, 0) is 9.59 Å². The van der Waals surface area contributed by atoms with Crippen molar-refractivity contribution in [3.05, 3.63) is 23.2 Å². The maximum Gasteiger partial charge on any atom is 0.230 e. The Morgan fingerprint density at radius 2 is 2.00 bits per heavy atom. The van der Waals surface area contributed by atoms with Crippen LogP contribution in [0.3, 0.4) is 0 Å². The molecule has 0 saturated heterocycles. The molecule has 0 radical (unpaired) electrons. The molecule has 1 fully saturated rings. The lowest BCUT2D eigenvalue weighted by Crippen LogP contribution is -2.17. The van der Waals surface area contributed by atoms with Crippen molar-refractivity contribution in [1.29, 1.82) is 0 Å². The standard InChI is InChI=1S/C13H13Cl3N2O2/c1-2-11(19)17-7-3-4-9(14)10(5-7)18-12(20)8-6-13(8,15)16/h3-5,8H,2,6H2,1H3,(H,17,19)(H,18,20). The van der Waals surface area contributed by atoms with Crippen LogP contribution < -0.4 is 10.6 Å². The number of amides is 2. The number of rotatable bonds is 4. The SMILES string of the molecule is CCC(=O)Nc1ccc(Cl)c(NC(=O)C2CC2(Cl)Cl)c1. The number of halogens is 3.